The number of aliphatic hydroxyl groups excluding tert-OH is 2. The Kier molecular flexibility index (Phi) is 7.14. The van der Waals surface area contributed by atoms with Crippen molar-refractivity contribution in [2.75, 3.05) is 0 Å². The summed E-state index contributed by atoms with van der Waals surface area (Å²) in [4.78, 5) is 0. The molecule has 0 aromatic rings. The second kappa shape index (κ2) is 7.81. The van der Waals surface area contributed by atoms with Crippen molar-refractivity contribution in [2.24, 2.45) is 11.8 Å². The molecule has 0 heterocycles. The van der Waals surface area contributed by atoms with E-state index in [9.17, 15) is 10.2 Å². The summed E-state index contributed by atoms with van der Waals surface area (Å²) in [6.45, 7) is 4.18. The van der Waals surface area contributed by atoms with Crippen molar-refractivity contribution in [3.05, 3.63) is 0 Å². The van der Waals surface area contributed by atoms with Crippen LogP contribution in [-0.2, 0) is 0 Å². The van der Waals surface area contributed by atoms with Gasteiger partial charge in [0.25, 0.3) is 0 Å². The fourth-order valence-corrected chi connectivity index (χ4v) is 4.20. The Bertz CT molecular complexity index is 202. The second-order valence-electron chi connectivity index (χ2n) is 6.09. The minimum absolute atomic E-state index is 0.291. The van der Waals surface area contributed by atoms with Gasteiger partial charge in [-0.1, -0.05) is 0 Å². The Morgan fingerprint density at radius 2 is 1.71 bits per heavy atom. The molecular weight excluding hydrogens is 275 g/mol. The van der Waals surface area contributed by atoms with Crippen molar-refractivity contribution in [3.8, 4) is 0 Å². The molecule has 1 fully saturated rings. The van der Waals surface area contributed by atoms with Crippen molar-refractivity contribution in [2.45, 2.75) is 75.7 Å². The number of aliphatic hydroxyl groups is 2. The molecule has 17 heavy (non-hydrogen) atoms. The summed E-state index contributed by atoms with van der Waals surface area (Å²) in [7, 11) is 0. The number of hydrogen-bond donors (Lipinski definition) is 2. The van der Waals surface area contributed by atoms with E-state index in [0.717, 1.165) is 12.3 Å². The van der Waals surface area contributed by atoms with Crippen LogP contribution >= 0.6 is 0 Å². The summed E-state index contributed by atoms with van der Waals surface area (Å²) in [5.74, 6) is 1.25. The van der Waals surface area contributed by atoms with Crippen LogP contribution in [0.4, 0.5) is 0 Å². The molecule has 0 saturated heterocycles. The molecular formula is C14H29AsO2. The van der Waals surface area contributed by atoms with Gasteiger partial charge in [-0.15, -0.1) is 0 Å². The molecule has 1 aliphatic carbocycles. The van der Waals surface area contributed by atoms with Crippen LogP contribution in [0.5, 0.6) is 0 Å². The molecule has 0 aromatic heterocycles. The maximum absolute atomic E-state index is 10.1. The molecule has 4 atom stereocenters. The predicted octanol–water partition coefficient (Wildman–Crippen LogP) is 2.15. The molecule has 0 radical (unpaired) electrons. The van der Waals surface area contributed by atoms with E-state index < -0.39 is 12.2 Å². The molecule has 102 valence electrons. The third-order valence-corrected chi connectivity index (χ3v) is 5.27. The average molecular weight is 304 g/mol. The first kappa shape index (κ1) is 15.5. The molecule has 1 saturated carbocycles. The van der Waals surface area contributed by atoms with E-state index >= 15 is 0 Å². The van der Waals surface area contributed by atoms with Gasteiger partial charge in [-0.25, -0.2) is 0 Å². The normalized spacial score (nSPS) is 23.6. The molecule has 0 amide bonds. The molecule has 2 nitrogen and oxygen atoms in total. The van der Waals surface area contributed by atoms with E-state index in [2.05, 4.69) is 13.8 Å². The quantitative estimate of drug-likeness (QED) is 0.738. The second-order valence-corrected chi connectivity index (χ2v) is 7.89. The van der Waals surface area contributed by atoms with E-state index in [0.29, 0.717) is 17.0 Å². The van der Waals surface area contributed by atoms with Crippen LogP contribution in [0, 0.1) is 11.8 Å². The van der Waals surface area contributed by atoms with Gasteiger partial charge in [0.1, 0.15) is 0 Å². The predicted molar refractivity (Wildman–Crippen MR) is 75.0 cm³/mol. The molecule has 2 N–H and O–H groups in total. The van der Waals surface area contributed by atoms with Gasteiger partial charge in [0.05, 0.1) is 0 Å². The molecule has 1 aliphatic rings. The molecule has 1 rings (SSSR count). The summed E-state index contributed by atoms with van der Waals surface area (Å²) in [6, 6.07) is 0. The van der Waals surface area contributed by atoms with Crippen molar-refractivity contribution in [1.29, 1.82) is 0 Å². The van der Waals surface area contributed by atoms with Gasteiger partial charge in [-0.2, -0.15) is 0 Å². The van der Waals surface area contributed by atoms with Crippen LogP contribution in [0.3, 0.4) is 0 Å². The van der Waals surface area contributed by atoms with E-state index in [1.54, 1.807) is 16.9 Å². The van der Waals surface area contributed by atoms with E-state index in [1.165, 1.54) is 32.1 Å². The standard InChI is InChI=1S/C14H29AsO2/c1-10(2)8-13(16)14(17)12(15)9-11-6-4-3-5-7-11/h10-14,16-17H,3-9,15H2,1-2H3/t12-,13-,14-/m0/s1. The van der Waals surface area contributed by atoms with Gasteiger partial charge < -0.3 is 0 Å². The summed E-state index contributed by atoms with van der Waals surface area (Å²) in [6.07, 6.45) is 7.52. The van der Waals surface area contributed by atoms with Gasteiger partial charge in [-0.3, -0.25) is 0 Å². The third kappa shape index (κ3) is 5.76. The SMILES string of the molecule is CC(C)C[C@H](O)[C@@H](O)[C@@H]([AsH2])CC1CCCCC1. The molecule has 3 heteroatoms. The Morgan fingerprint density at radius 3 is 2.24 bits per heavy atom. The molecule has 0 aromatic carbocycles. The first-order valence-electron chi connectivity index (χ1n) is 7.12. The molecule has 0 aliphatic heterocycles. The zero-order valence-corrected chi connectivity index (χ0v) is 13.7. The van der Waals surface area contributed by atoms with Crippen LogP contribution in [0.1, 0.15) is 58.8 Å². The first-order chi connectivity index (χ1) is 8.00. The van der Waals surface area contributed by atoms with Crippen LogP contribution in [0.25, 0.3) is 0 Å². The topological polar surface area (TPSA) is 40.5 Å². The van der Waals surface area contributed by atoms with E-state index in [1.807, 2.05) is 0 Å². The maximum atomic E-state index is 10.1. The van der Waals surface area contributed by atoms with Gasteiger partial charge >= 0.3 is 115 Å². The zero-order chi connectivity index (χ0) is 12.8. The Hall–Kier alpha value is 0.478. The molecule has 0 spiro atoms. The van der Waals surface area contributed by atoms with Crippen LogP contribution in [-0.4, -0.2) is 39.3 Å². The molecule has 0 bridgehead atoms. The van der Waals surface area contributed by atoms with E-state index in [4.69, 9.17) is 0 Å². The van der Waals surface area contributed by atoms with E-state index in [-0.39, 0.29) is 0 Å². The van der Waals surface area contributed by atoms with Crippen molar-refractivity contribution in [3.63, 3.8) is 0 Å². The zero-order valence-electron chi connectivity index (χ0n) is 11.3. The molecule has 1 unspecified atom stereocenters. The monoisotopic (exact) mass is 304 g/mol. The van der Waals surface area contributed by atoms with Gasteiger partial charge in [0.2, 0.25) is 0 Å². The summed E-state index contributed by atoms with van der Waals surface area (Å²) in [5.41, 5.74) is 0. The van der Waals surface area contributed by atoms with Crippen molar-refractivity contribution in [1.82, 2.24) is 0 Å². The number of hydrogen-bond acceptors (Lipinski definition) is 2. The summed E-state index contributed by atoms with van der Waals surface area (Å²) >= 11 is 1.60. The van der Waals surface area contributed by atoms with Crippen LogP contribution in [0.2, 0.25) is 4.71 Å². The summed E-state index contributed by atoms with van der Waals surface area (Å²) < 4.78 is 0.291. The number of rotatable bonds is 6. The fraction of sp³-hybridized carbons (Fsp3) is 1.00. The van der Waals surface area contributed by atoms with Crippen molar-refractivity contribution < 1.29 is 10.2 Å². The Balaban J connectivity index is 2.31. The Labute approximate surface area is 115 Å². The van der Waals surface area contributed by atoms with Crippen molar-refractivity contribution >= 4 is 16.9 Å². The fourth-order valence-electron chi connectivity index (χ4n) is 2.85. The first-order valence-corrected chi connectivity index (χ1v) is 8.52. The van der Waals surface area contributed by atoms with Crippen LogP contribution < -0.4 is 0 Å². The minimum atomic E-state index is -0.532. The van der Waals surface area contributed by atoms with Gasteiger partial charge in [-0.05, 0) is 0 Å². The average Bonchev–Trinajstić information content (AvgIpc) is 2.28. The van der Waals surface area contributed by atoms with Crippen LogP contribution in [0.15, 0.2) is 0 Å². The third-order valence-electron chi connectivity index (χ3n) is 3.88. The van der Waals surface area contributed by atoms with Gasteiger partial charge in [0, 0.05) is 0 Å². The summed E-state index contributed by atoms with van der Waals surface area (Å²) in [5, 5.41) is 20.1. The van der Waals surface area contributed by atoms with Gasteiger partial charge in [0.15, 0.2) is 0 Å². The Morgan fingerprint density at radius 1 is 1.12 bits per heavy atom.